The van der Waals surface area contributed by atoms with E-state index in [-0.39, 0.29) is 24.7 Å². The fourth-order valence-electron chi connectivity index (χ4n) is 6.72. The summed E-state index contributed by atoms with van der Waals surface area (Å²) < 4.78 is 16.2. The Morgan fingerprint density at radius 3 is 2.18 bits per heavy atom. The number of hydrogen-bond donors (Lipinski definition) is 6. The third kappa shape index (κ3) is 9.07. The number of fused-ring (bicyclic) bond motifs is 5. The molecule has 282 valence electrons. The van der Waals surface area contributed by atoms with Crippen molar-refractivity contribution in [3.63, 3.8) is 0 Å². The minimum Gasteiger partial charge on any atom is -0.463 e. The largest absolute Gasteiger partial charge is 0.463 e. The summed E-state index contributed by atoms with van der Waals surface area (Å²) in [4.78, 5) is 105. The first kappa shape index (κ1) is 39.3. The lowest BCUT2D eigenvalue weighted by atomic mass is 9.85. The normalized spacial score (nSPS) is 30.9. The number of primary amides is 1. The van der Waals surface area contributed by atoms with Gasteiger partial charge in [0, 0.05) is 13.3 Å². The van der Waals surface area contributed by atoms with Crippen LogP contribution in [0.15, 0.2) is 12.2 Å². The summed E-state index contributed by atoms with van der Waals surface area (Å²) >= 11 is 0. The van der Waals surface area contributed by atoms with E-state index in [1.54, 1.807) is 6.92 Å². The number of esters is 1. The number of amides is 6. The van der Waals surface area contributed by atoms with Crippen molar-refractivity contribution in [3.05, 3.63) is 12.2 Å². The molecule has 5 unspecified atom stereocenters. The number of aliphatic hydroxyl groups excluding tert-OH is 2. The van der Waals surface area contributed by atoms with Crippen LogP contribution in [0.3, 0.4) is 0 Å². The Morgan fingerprint density at radius 2 is 1.61 bits per heavy atom. The number of rotatable bonds is 16. The second kappa shape index (κ2) is 16.7. The third-order valence-electron chi connectivity index (χ3n) is 9.33. The van der Waals surface area contributed by atoms with E-state index < -0.39 is 121 Å². The van der Waals surface area contributed by atoms with E-state index in [2.05, 4.69) is 16.0 Å². The quantitative estimate of drug-likeness (QED) is 0.0534. The lowest BCUT2D eigenvalue weighted by Gasteiger charge is -2.43. The number of hydrogen-bond acceptors (Lipinski definition) is 14. The number of carbonyl (C=O) groups is 8. The van der Waals surface area contributed by atoms with Crippen LogP contribution >= 0.6 is 0 Å². The Morgan fingerprint density at radius 1 is 0.980 bits per heavy atom. The molecule has 0 aromatic rings. The average molecular weight is 724 g/mol. The van der Waals surface area contributed by atoms with Gasteiger partial charge in [0.1, 0.15) is 49.1 Å². The van der Waals surface area contributed by atoms with Crippen LogP contribution in [0.5, 0.6) is 0 Å². The number of nitrogens with zero attached hydrogens (tertiary/aromatic N) is 1. The van der Waals surface area contributed by atoms with Gasteiger partial charge in [-0.15, -0.1) is 5.06 Å². The lowest BCUT2D eigenvalue weighted by Crippen LogP contribution is -2.66. The highest BCUT2D eigenvalue weighted by Crippen LogP contribution is 2.52. The molecular weight excluding hydrogens is 678 g/mol. The van der Waals surface area contributed by atoms with E-state index in [9.17, 15) is 48.6 Å². The van der Waals surface area contributed by atoms with Crippen LogP contribution in [0.2, 0.25) is 0 Å². The van der Waals surface area contributed by atoms with Crippen molar-refractivity contribution >= 4 is 47.4 Å². The van der Waals surface area contributed by atoms with Gasteiger partial charge in [-0.2, -0.15) is 0 Å². The minimum absolute atomic E-state index is 0.0886. The van der Waals surface area contributed by atoms with E-state index in [1.165, 1.54) is 13.8 Å². The summed E-state index contributed by atoms with van der Waals surface area (Å²) in [5.74, 6) is -7.45. The first-order valence-electron chi connectivity index (χ1n) is 16.8. The molecule has 2 aliphatic carbocycles. The second-order valence-electron chi connectivity index (χ2n) is 13.1. The molecule has 2 aliphatic heterocycles. The number of nitrogens with two attached hydrogens (primary N) is 1. The molecule has 19 heteroatoms. The van der Waals surface area contributed by atoms with Crippen LogP contribution in [0.25, 0.3) is 0 Å². The maximum atomic E-state index is 13.0. The summed E-state index contributed by atoms with van der Waals surface area (Å²) in [6.07, 6.45) is -3.17. The van der Waals surface area contributed by atoms with Gasteiger partial charge < -0.3 is 50.9 Å². The SMILES string of the molecule is CCCC(=O)OC[C@H]1OC(O)[C@H](NC(C)=O)[C@@H](O[C@H](C)C(=O)N[C@@H](C)C(=O)N[C@H](CCC(=O)ON2C(=O)C3C4C=CC(C4)C3C2=O)C(N)=O)[C@@H]1O. The highest BCUT2D eigenvalue weighted by molar-refractivity contribution is 6.06. The molecule has 2 saturated heterocycles. The summed E-state index contributed by atoms with van der Waals surface area (Å²) in [6, 6.07) is -4.03. The van der Waals surface area contributed by atoms with Crippen LogP contribution in [0.1, 0.15) is 59.8 Å². The molecule has 19 nitrogen and oxygen atoms in total. The fourth-order valence-corrected chi connectivity index (χ4v) is 6.72. The zero-order valence-corrected chi connectivity index (χ0v) is 28.6. The predicted molar refractivity (Wildman–Crippen MR) is 168 cm³/mol. The average Bonchev–Trinajstić information content (AvgIpc) is 3.75. The zero-order valence-electron chi connectivity index (χ0n) is 28.6. The van der Waals surface area contributed by atoms with Crippen LogP contribution < -0.4 is 21.7 Å². The van der Waals surface area contributed by atoms with Gasteiger partial charge in [0.2, 0.25) is 23.6 Å². The molecule has 51 heavy (non-hydrogen) atoms. The topological polar surface area (TPSA) is 279 Å². The van der Waals surface area contributed by atoms with Gasteiger partial charge in [0.05, 0.1) is 18.3 Å². The highest BCUT2D eigenvalue weighted by atomic mass is 16.7. The van der Waals surface area contributed by atoms with Crippen molar-refractivity contribution in [3.8, 4) is 0 Å². The van der Waals surface area contributed by atoms with Crippen molar-refractivity contribution in [1.29, 1.82) is 0 Å². The summed E-state index contributed by atoms with van der Waals surface area (Å²) in [6.45, 7) is 5.02. The number of nitrogens with one attached hydrogen (secondary N) is 3. The molecule has 0 radical (unpaired) electrons. The van der Waals surface area contributed by atoms with Crippen LogP contribution in [0, 0.1) is 23.7 Å². The number of allylic oxidation sites excluding steroid dienone is 2. The first-order chi connectivity index (χ1) is 24.0. The molecule has 1 saturated carbocycles. The van der Waals surface area contributed by atoms with Crippen LogP contribution in [-0.2, 0) is 57.4 Å². The lowest BCUT2D eigenvalue weighted by molar-refractivity contribution is -0.267. The molecule has 0 aromatic carbocycles. The van der Waals surface area contributed by atoms with Crippen molar-refractivity contribution in [2.45, 2.75) is 109 Å². The van der Waals surface area contributed by atoms with E-state index >= 15 is 0 Å². The van der Waals surface area contributed by atoms with Gasteiger partial charge >= 0.3 is 11.9 Å². The number of carbonyl (C=O) groups excluding carboxylic acids is 8. The van der Waals surface area contributed by atoms with Gasteiger partial charge in [-0.3, -0.25) is 33.6 Å². The fraction of sp³-hybridized carbons (Fsp3) is 0.688. The van der Waals surface area contributed by atoms with Crippen molar-refractivity contribution in [1.82, 2.24) is 21.0 Å². The molecule has 0 spiro atoms. The molecule has 2 bridgehead atoms. The standard InChI is InChI=1S/C32H45N5O14/c1-5-6-20(39)48-12-19-25(41)26(24(32(47)50-19)35-15(4)38)49-14(3)29(44)34-13(2)28(43)36-18(27(33)42)9-10-21(40)51-37-30(45)22-16-7-8-17(11-16)23(22)31(37)46/h7-8,13-14,16-19,22-26,32,41,47H,5-6,9-12H2,1-4H3,(H2,33,42)(H,34,44)(H,35,38)(H,36,43)/t13-,14+,16?,17?,18+,19+,22?,23?,24+,25+,26+,32?/m0/s1. The maximum Gasteiger partial charge on any atom is 0.333 e. The number of hydroxylamine groups is 2. The minimum atomic E-state index is -1.72. The Bertz CT molecular complexity index is 1410. The second-order valence-corrected chi connectivity index (χ2v) is 13.1. The van der Waals surface area contributed by atoms with Gasteiger partial charge in [0.15, 0.2) is 6.29 Å². The zero-order chi connectivity index (χ0) is 37.7. The number of aliphatic hydroxyl groups is 2. The van der Waals surface area contributed by atoms with E-state index in [0.717, 1.165) is 6.92 Å². The van der Waals surface area contributed by atoms with Crippen molar-refractivity contribution in [2.24, 2.45) is 29.4 Å². The van der Waals surface area contributed by atoms with Crippen molar-refractivity contribution in [2.75, 3.05) is 6.61 Å². The van der Waals surface area contributed by atoms with Crippen molar-refractivity contribution < 1.29 is 67.6 Å². The van der Waals surface area contributed by atoms with Gasteiger partial charge in [0.25, 0.3) is 11.8 Å². The Hall–Kier alpha value is -4.46. The van der Waals surface area contributed by atoms with E-state index in [0.29, 0.717) is 17.9 Å². The highest BCUT2D eigenvalue weighted by Gasteiger charge is 2.61. The molecule has 4 aliphatic rings. The monoisotopic (exact) mass is 723 g/mol. The van der Waals surface area contributed by atoms with E-state index in [4.69, 9.17) is 24.8 Å². The van der Waals surface area contributed by atoms with Crippen LogP contribution in [0.4, 0.5) is 0 Å². The molecule has 7 N–H and O–H groups in total. The van der Waals surface area contributed by atoms with Crippen LogP contribution in [-0.4, -0.2) is 118 Å². The molecule has 6 amide bonds. The number of imide groups is 1. The maximum absolute atomic E-state index is 13.0. The predicted octanol–water partition coefficient (Wildman–Crippen LogP) is -2.79. The van der Waals surface area contributed by atoms with Gasteiger partial charge in [-0.05, 0) is 44.9 Å². The summed E-state index contributed by atoms with van der Waals surface area (Å²) in [7, 11) is 0. The summed E-state index contributed by atoms with van der Waals surface area (Å²) in [5.41, 5.74) is 5.42. The molecular formula is C32H45N5O14. The van der Waals surface area contributed by atoms with Gasteiger partial charge in [-0.1, -0.05) is 19.1 Å². The molecule has 2 heterocycles. The Kier molecular flexibility index (Phi) is 12.9. The first-order valence-corrected chi connectivity index (χ1v) is 16.8. The molecule has 12 atom stereocenters. The van der Waals surface area contributed by atoms with Gasteiger partial charge in [-0.25, -0.2) is 4.79 Å². The molecule has 0 aromatic heterocycles. The Labute approximate surface area is 292 Å². The third-order valence-corrected chi connectivity index (χ3v) is 9.33. The Balaban J connectivity index is 1.28. The number of ether oxygens (including phenoxy) is 3. The molecule has 4 rings (SSSR count). The van der Waals surface area contributed by atoms with E-state index in [1.807, 2.05) is 12.2 Å². The molecule has 3 fully saturated rings. The smallest absolute Gasteiger partial charge is 0.333 e. The summed E-state index contributed by atoms with van der Waals surface area (Å²) in [5, 5.41) is 29.1.